The number of benzene rings is 1. The molecule has 2 aromatic heterocycles. The number of carbonyl (C=O) groups excluding carboxylic acids is 1. The number of amides is 1. The minimum Gasteiger partial charge on any atom is -0.323 e. The first kappa shape index (κ1) is 25.2. The second-order valence-corrected chi connectivity index (χ2v) is 7.44. The highest BCUT2D eigenvalue weighted by atomic mass is 19.4. The molecular weight excluding hydrogens is 478 g/mol. The number of anilines is 1. The monoisotopic (exact) mass is 495 g/mol. The Kier molecular flexibility index (Phi) is 6.71. The van der Waals surface area contributed by atoms with Crippen molar-refractivity contribution in [3.05, 3.63) is 63.5 Å². The van der Waals surface area contributed by atoms with Gasteiger partial charge in [0, 0.05) is 18.7 Å². The highest BCUT2D eigenvalue weighted by Crippen LogP contribution is 2.29. The molecule has 0 aliphatic carbocycles. The van der Waals surface area contributed by atoms with Gasteiger partial charge < -0.3 is 5.32 Å². The summed E-state index contributed by atoms with van der Waals surface area (Å²) in [6, 6.07) is 0.843. The van der Waals surface area contributed by atoms with Gasteiger partial charge in [0.05, 0.1) is 29.2 Å². The Morgan fingerprint density at radius 3 is 2.00 bits per heavy atom. The smallest absolute Gasteiger partial charge is 0.323 e. The topological polar surface area (TPSA) is 64.7 Å². The van der Waals surface area contributed by atoms with E-state index < -0.39 is 59.0 Å². The summed E-state index contributed by atoms with van der Waals surface area (Å²) in [6.45, 7) is 3.27. The Labute approximate surface area is 187 Å². The predicted molar refractivity (Wildman–Crippen MR) is 102 cm³/mol. The number of nitrogens with zero attached hydrogens (tertiary/aromatic N) is 4. The zero-order valence-electron chi connectivity index (χ0n) is 17.9. The van der Waals surface area contributed by atoms with Crippen molar-refractivity contribution in [3.8, 4) is 0 Å². The van der Waals surface area contributed by atoms with E-state index in [4.69, 9.17) is 0 Å². The van der Waals surface area contributed by atoms with Crippen molar-refractivity contribution in [2.45, 2.75) is 46.5 Å². The van der Waals surface area contributed by atoms with Crippen LogP contribution in [0.1, 0.15) is 34.8 Å². The fraction of sp³-hybridized carbons (Fsp3) is 0.350. The molecule has 0 aliphatic heterocycles. The minimum absolute atomic E-state index is 0.127. The van der Waals surface area contributed by atoms with Gasteiger partial charge in [-0.3, -0.25) is 14.2 Å². The average Bonchev–Trinajstić information content (AvgIpc) is 3.27. The maximum atomic E-state index is 14.0. The lowest BCUT2D eigenvalue weighted by Crippen LogP contribution is -2.17. The summed E-state index contributed by atoms with van der Waals surface area (Å²) in [5.74, 6) is -11.1. The van der Waals surface area contributed by atoms with E-state index in [1.807, 2.05) is 0 Å². The van der Waals surface area contributed by atoms with Gasteiger partial charge in [0.2, 0.25) is 11.7 Å². The summed E-state index contributed by atoms with van der Waals surface area (Å²) in [7, 11) is 0. The number of carbonyl (C=O) groups is 1. The minimum atomic E-state index is -4.63. The highest BCUT2D eigenvalue weighted by molar-refractivity contribution is 5.91. The fourth-order valence-corrected chi connectivity index (χ4v) is 3.26. The molecule has 2 heterocycles. The lowest BCUT2D eigenvalue weighted by Gasteiger charge is -2.10. The van der Waals surface area contributed by atoms with Crippen molar-refractivity contribution < 1.29 is 39.9 Å². The average molecular weight is 495 g/mol. The van der Waals surface area contributed by atoms with Crippen LogP contribution in [0.2, 0.25) is 0 Å². The quantitative estimate of drug-likeness (QED) is 0.304. The molecule has 0 spiro atoms. The van der Waals surface area contributed by atoms with Gasteiger partial charge in [-0.1, -0.05) is 0 Å². The summed E-state index contributed by atoms with van der Waals surface area (Å²) in [6.07, 6.45) is -4.89. The third-order valence-corrected chi connectivity index (χ3v) is 5.08. The lowest BCUT2D eigenvalue weighted by molar-refractivity contribution is -0.141. The third-order valence-electron chi connectivity index (χ3n) is 5.08. The first-order chi connectivity index (χ1) is 15.7. The number of halogens is 8. The van der Waals surface area contributed by atoms with E-state index in [2.05, 4.69) is 15.5 Å². The van der Waals surface area contributed by atoms with Crippen molar-refractivity contribution in [2.75, 3.05) is 5.32 Å². The highest BCUT2D eigenvalue weighted by Gasteiger charge is 2.34. The number of rotatable bonds is 6. The molecule has 0 unspecified atom stereocenters. The van der Waals surface area contributed by atoms with E-state index in [-0.39, 0.29) is 35.7 Å². The van der Waals surface area contributed by atoms with Crippen LogP contribution in [-0.2, 0) is 24.1 Å². The van der Waals surface area contributed by atoms with Crippen molar-refractivity contribution in [1.82, 2.24) is 19.6 Å². The number of alkyl halides is 3. The number of hydrogen-bond acceptors (Lipinski definition) is 3. The third kappa shape index (κ3) is 4.75. The number of hydrogen-bond donors (Lipinski definition) is 1. The maximum Gasteiger partial charge on any atom is 0.435 e. The van der Waals surface area contributed by atoms with Gasteiger partial charge in [-0.2, -0.15) is 23.4 Å². The summed E-state index contributed by atoms with van der Waals surface area (Å²) in [5, 5.41) is 9.88. The Hall–Kier alpha value is -3.45. The van der Waals surface area contributed by atoms with Crippen LogP contribution in [-0.4, -0.2) is 25.5 Å². The van der Waals surface area contributed by atoms with Crippen molar-refractivity contribution >= 4 is 11.6 Å². The summed E-state index contributed by atoms with van der Waals surface area (Å²) < 4.78 is 108. The molecule has 0 aliphatic rings. The van der Waals surface area contributed by atoms with Crippen LogP contribution in [0.4, 0.5) is 40.8 Å². The van der Waals surface area contributed by atoms with Crippen LogP contribution in [0.15, 0.2) is 6.07 Å². The first-order valence-electron chi connectivity index (χ1n) is 9.68. The van der Waals surface area contributed by atoms with Crippen molar-refractivity contribution in [3.63, 3.8) is 0 Å². The van der Waals surface area contributed by atoms with Gasteiger partial charge in [0.25, 0.3) is 0 Å². The maximum absolute atomic E-state index is 14.0. The number of aromatic nitrogens is 4. The van der Waals surface area contributed by atoms with Crippen LogP contribution >= 0.6 is 0 Å². The second kappa shape index (κ2) is 9.06. The van der Waals surface area contributed by atoms with Gasteiger partial charge >= 0.3 is 6.18 Å². The molecule has 1 aromatic carbocycles. The first-order valence-corrected chi connectivity index (χ1v) is 9.68. The molecule has 3 aromatic rings. The molecule has 0 bridgehead atoms. The number of nitrogens with one attached hydrogen (secondary N) is 1. The SMILES string of the molecule is Cc1nn(Cc2c(F)c(F)c(F)c(F)c2F)c(C)c1NC(=O)CCn1nc(C(F)(F)F)cc1C. The standard InChI is InChI=1S/C20H17F8N5O/c1-8-6-12(20(26,27)28)31-32(8)5-4-13(34)29-19-9(2)30-33(10(19)3)7-11-14(21)16(23)18(25)17(24)15(11)22/h6H,4-5,7H2,1-3H3,(H,29,34). The van der Waals surface area contributed by atoms with Crippen LogP contribution in [0.5, 0.6) is 0 Å². The van der Waals surface area contributed by atoms with E-state index in [9.17, 15) is 39.9 Å². The molecule has 184 valence electrons. The van der Waals surface area contributed by atoms with Crippen LogP contribution in [0.25, 0.3) is 0 Å². The van der Waals surface area contributed by atoms with E-state index in [0.29, 0.717) is 0 Å². The van der Waals surface area contributed by atoms with Crippen LogP contribution in [0.3, 0.4) is 0 Å². The predicted octanol–water partition coefficient (Wildman–Crippen LogP) is 4.80. The molecule has 0 saturated heterocycles. The fourth-order valence-electron chi connectivity index (χ4n) is 3.26. The second-order valence-electron chi connectivity index (χ2n) is 7.44. The molecule has 0 radical (unpaired) electrons. The molecule has 1 amide bonds. The number of aryl methyl sites for hydroxylation is 3. The van der Waals surface area contributed by atoms with E-state index in [0.717, 1.165) is 15.4 Å². The van der Waals surface area contributed by atoms with E-state index in [1.165, 1.54) is 20.8 Å². The van der Waals surface area contributed by atoms with Crippen molar-refractivity contribution in [1.29, 1.82) is 0 Å². The Bertz CT molecular complexity index is 1230. The lowest BCUT2D eigenvalue weighted by atomic mass is 10.1. The zero-order chi connectivity index (χ0) is 25.5. The van der Waals surface area contributed by atoms with Crippen LogP contribution in [0, 0.1) is 49.9 Å². The normalized spacial score (nSPS) is 11.9. The van der Waals surface area contributed by atoms with Gasteiger partial charge in [-0.25, -0.2) is 22.0 Å². The molecule has 0 fully saturated rings. The van der Waals surface area contributed by atoms with Gasteiger partial charge in [0.15, 0.2) is 29.0 Å². The molecule has 0 atom stereocenters. The van der Waals surface area contributed by atoms with Gasteiger partial charge in [0.1, 0.15) is 0 Å². The molecule has 14 heteroatoms. The Morgan fingerprint density at radius 2 is 1.47 bits per heavy atom. The Morgan fingerprint density at radius 1 is 0.912 bits per heavy atom. The van der Waals surface area contributed by atoms with Gasteiger partial charge in [-0.05, 0) is 26.8 Å². The molecule has 6 nitrogen and oxygen atoms in total. The summed E-state index contributed by atoms with van der Waals surface area (Å²) in [4.78, 5) is 12.3. The molecule has 3 rings (SSSR count). The molecular formula is C20H17F8N5O. The molecule has 34 heavy (non-hydrogen) atoms. The van der Waals surface area contributed by atoms with Gasteiger partial charge in [-0.15, -0.1) is 0 Å². The van der Waals surface area contributed by atoms with E-state index in [1.54, 1.807) is 0 Å². The van der Waals surface area contributed by atoms with Crippen molar-refractivity contribution in [2.24, 2.45) is 0 Å². The van der Waals surface area contributed by atoms with Crippen LogP contribution < -0.4 is 5.32 Å². The van der Waals surface area contributed by atoms with E-state index >= 15 is 0 Å². The zero-order valence-corrected chi connectivity index (χ0v) is 17.9. The summed E-state index contributed by atoms with van der Waals surface area (Å²) >= 11 is 0. The summed E-state index contributed by atoms with van der Waals surface area (Å²) in [5.41, 5.74) is -1.53. The molecule has 1 N–H and O–H groups in total. The Balaban J connectivity index is 1.76. The largest absolute Gasteiger partial charge is 0.435 e. The molecule has 0 saturated carbocycles.